The Kier molecular flexibility index (Phi) is 5.49. The molecule has 140 valence electrons. The Morgan fingerprint density at radius 3 is 2.22 bits per heavy atom. The number of ether oxygens (including phenoxy) is 1. The molecular weight excluding hydrogens is 353 g/mol. The Hall–Kier alpha value is -2.82. The summed E-state index contributed by atoms with van der Waals surface area (Å²) in [7, 11) is 0. The molecule has 0 aliphatic rings. The summed E-state index contributed by atoms with van der Waals surface area (Å²) in [4.78, 5) is 12.6. The second-order valence-electron chi connectivity index (χ2n) is 6.51. The van der Waals surface area contributed by atoms with Gasteiger partial charge in [0.15, 0.2) is 0 Å². The van der Waals surface area contributed by atoms with E-state index in [0.717, 1.165) is 23.3 Å². The highest BCUT2D eigenvalue weighted by atomic mass is 19.4. The summed E-state index contributed by atoms with van der Waals surface area (Å²) >= 11 is 0. The fraction of sp³-hybridized carbons (Fsp3) is 0.227. The van der Waals surface area contributed by atoms with Gasteiger partial charge in [0.25, 0.3) is 0 Å². The van der Waals surface area contributed by atoms with Crippen molar-refractivity contribution >= 4 is 16.7 Å². The molecule has 0 fully saturated rings. The van der Waals surface area contributed by atoms with Gasteiger partial charge in [-0.15, -0.1) is 0 Å². The predicted octanol–water partition coefficient (Wildman–Crippen LogP) is 5.87. The summed E-state index contributed by atoms with van der Waals surface area (Å²) in [5.41, 5.74) is 1.03. The Morgan fingerprint density at radius 2 is 1.56 bits per heavy atom. The summed E-state index contributed by atoms with van der Waals surface area (Å²) < 4.78 is 45.5. The van der Waals surface area contributed by atoms with Crippen LogP contribution in [0.1, 0.15) is 24.0 Å². The number of hydrogen-bond acceptors (Lipinski definition) is 2. The van der Waals surface area contributed by atoms with Gasteiger partial charge < -0.3 is 4.74 Å². The summed E-state index contributed by atoms with van der Waals surface area (Å²) in [6, 6.07) is 21.2. The first-order chi connectivity index (χ1) is 12.9. The molecule has 5 heteroatoms. The highest BCUT2D eigenvalue weighted by Crippen LogP contribution is 2.39. The molecule has 0 spiro atoms. The lowest BCUT2D eigenvalue weighted by Gasteiger charge is -2.25. The molecule has 2 atom stereocenters. The van der Waals surface area contributed by atoms with Crippen molar-refractivity contribution in [3.05, 3.63) is 83.9 Å². The van der Waals surface area contributed by atoms with E-state index in [0.29, 0.717) is 5.56 Å². The zero-order valence-corrected chi connectivity index (χ0v) is 14.7. The van der Waals surface area contributed by atoms with Crippen molar-refractivity contribution in [3.8, 4) is 0 Å². The van der Waals surface area contributed by atoms with Crippen LogP contribution in [0.4, 0.5) is 13.2 Å². The first-order valence-electron chi connectivity index (χ1n) is 8.62. The van der Waals surface area contributed by atoms with Gasteiger partial charge >= 0.3 is 12.1 Å². The third kappa shape index (κ3) is 4.48. The van der Waals surface area contributed by atoms with Crippen molar-refractivity contribution in [2.24, 2.45) is 5.92 Å². The van der Waals surface area contributed by atoms with Gasteiger partial charge in [0, 0.05) is 0 Å². The molecule has 3 aromatic carbocycles. The summed E-state index contributed by atoms with van der Waals surface area (Å²) in [6.07, 6.45) is -4.51. The van der Waals surface area contributed by atoms with Crippen LogP contribution in [-0.2, 0) is 16.1 Å². The molecule has 0 heterocycles. The molecule has 0 amide bonds. The number of fused-ring (bicyclic) bond motifs is 1. The van der Waals surface area contributed by atoms with E-state index in [1.54, 1.807) is 42.5 Å². The lowest BCUT2D eigenvalue weighted by atomic mass is 9.85. The van der Waals surface area contributed by atoms with Crippen LogP contribution in [0.15, 0.2) is 72.8 Å². The fourth-order valence-corrected chi connectivity index (χ4v) is 3.04. The minimum Gasteiger partial charge on any atom is -0.460 e. The number of halogens is 3. The molecular formula is C22H19F3O2. The molecule has 3 aromatic rings. The second kappa shape index (κ2) is 7.82. The minimum atomic E-state index is -4.51. The average Bonchev–Trinajstić information content (AvgIpc) is 2.66. The van der Waals surface area contributed by atoms with Crippen molar-refractivity contribution in [2.75, 3.05) is 0 Å². The second-order valence-corrected chi connectivity index (χ2v) is 6.51. The summed E-state index contributed by atoms with van der Waals surface area (Å²) in [5, 5.41) is 1.68. The lowest BCUT2D eigenvalue weighted by Crippen LogP contribution is -2.32. The zero-order valence-electron chi connectivity index (χ0n) is 14.7. The normalized spacial score (nSPS) is 13.9. The van der Waals surface area contributed by atoms with Gasteiger partial charge in [-0.1, -0.05) is 79.7 Å². The molecule has 0 saturated carbocycles. The van der Waals surface area contributed by atoms with Crippen LogP contribution in [-0.4, -0.2) is 12.1 Å². The third-order valence-electron chi connectivity index (χ3n) is 4.63. The number of alkyl halides is 3. The number of hydrogen-bond donors (Lipinski definition) is 0. The van der Waals surface area contributed by atoms with Gasteiger partial charge in [0.1, 0.15) is 6.61 Å². The zero-order chi connectivity index (χ0) is 19.4. The van der Waals surface area contributed by atoms with Crippen molar-refractivity contribution in [1.82, 2.24) is 0 Å². The molecule has 0 bridgehead atoms. The van der Waals surface area contributed by atoms with E-state index in [-0.39, 0.29) is 6.61 Å². The molecule has 0 aliphatic heterocycles. The van der Waals surface area contributed by atoms with Gasteiger partial charge in [-0.2, -0.15) is 13.2 Å². The Balaban J connectivity index is 1.91. The van der Waals surface area contributed by atoms with Crippen molar-refractivity contribution in [3.63, 3.8) is 0 Å². The molecule has 27 heavy (non-hydrogen) atoms. The molecule has 0 radical (unpaired) electrons. The molecule has 1 unspecified atom stereocenters. The first kappa shape index (κ1) is 19.0. The summed E-state index contributed by atoms with van der Waals surface area (Å²) in [5.74, 6) is -4.15. The number of rotatable bonds is 5. The van der Waals surface area contributed by atoms with E-state index in [4.69, 9.17) is 4.74 Å². The van der Waals surface area contributed by atoms with E-state index in [9.17, 15) is 18.0 Å². The monoisotopic (exact) mass is 372 g/mol. The van der Waals surface area contributed by atoms with Crippen LogP contribution in [0.2, 0.25) is 0 Å². The first-order valence-corrected chi connectivity index (χ1v) is 8.62. The van der Waals surface area contributed by atoms with Gasteiger partial charge in [-0.3, -0.25) is 4.79 Å². The largest absolute Gasteiger partial charge is 0.460 e. The summed E-state index contributed by atoms with van der Waals surface area (Å²) in [6.45, 7) is 0.956. The third-order valence-corrected chi connectivity index (χ3v) is 4.63. The molecule has 2 nitrogen and oxygen atoms in total. The maximum atomic E-state index is 13.4. The Bertz CT molecular complexity index is 919. The Labute approximate surface area is 155 Å². The minimum absolute atomic E-state index is 0.0612. The fourth-order valence-electron chi connectivity index (χ4n) is 3.04. The standard InChI is InChI=1S/C22H19F3O2/c1-15(22(23,24)25)20(21(26)27-14-16-7-3-2-4-8-16)19-12-11-17-9-5-6-10-18(17)13-19/h2-13,15,20H,14H2,1H3/t15-,20?/m1/s1. The molecule has 0 aliphatic carbocycles. The molecule has 0 saturated heterocycles. The van der Waals surface area contributed by atoms with E-state index < -0.39 is 24.0 Å². The average molecular weight is 372 g/mol. The smallest absolute Gasteiger partial charge is 0.392 e. The van der Waals surface area contributed by atoms with Crippen LogP contribution in [0.5, 0.6) is 0 Å². The maximum Gasteiger partial charge on any atom is 0.392 e. The van der Waals surface area contributed by atoms with Gasteiger partial charge in [-0.05, 0) is 21.9 Å². The van der Waals surface area contributed by atoms with Gasteiger partial charge in [0.2, 0.25) is 0 Å². The predicted molar refractivity (Wildman–Crippen MR) is 98.1 cm³/mol. The van der Waals surface area contributed by atoms with E-state index in [1.165, 1.54) is 0 Å². The number of esters is 1. The number of benzene rings is 3. The van der Waals surface area contributed by atoms with E-state index in [2.05, 4.69) is 0 Å². The SMILES string of the molecule is C[C@H](C(C(=O)OCc1ccccc1)c1ccc2ccccc2c1)C(F)(F)F. The topological polar surface area (TPSA) is 26.3 Å². The molecule has 3 rings (SSSR count). The van der Waals surface area contributed by atoms with Crippen LogP contribution < -0.4 is 0 Å². The van der Waals surface area contributed by atoms with E-state index >= 15 is 0 Å². The lowest BCUT2D eigenvalue weighted by molar-refractivity contribution is -0.186. The van der Waals surface area contributed by atoms with Crippen LogP contribution in [0, 0.1) is 5.92 Å². The highest BCUT2D eigenvalue weighted by molar-refractivity contribution is 5.86. The van der Waals surface area contributed by atoms with Gasteiger partial charge in [0.05, 0.1) is 11.8 Å². The van der Waals surface area contributed by atoms with Crippen LogP contribution >= 0.6 is 0 Å². The van der Waals surface area contributed by atoms with Crippen LogP contribution in [0.25, 0.3) is 10.8 Å². The quantitative estimate of drug-likeness (QED) is 0.524. The molecule has 0 aromatic heterocycles. The van der Waals surface area contributed by atoms with Crippen molar-refractivity contribution in [2.45, 2.75) is 25.6 Å². The number of carbonyl (C=O) groups is 1. The van der Waals surface area contributed by atoms with Crippen molar-refractivity contribution in [1.29, 1.82) is 0 Å². The Morgan fingerprint density at radius 1 is 0.926 bits per heavy atom. The van der Waals surface area contributed by atoms with Gasteiger partial charge in [-0.25, -0.2) is 0 Å². The van der Waals surface area contributed by atoms with Crippen molar-refractivity contribution < 1.29 is 22.7 Å². The van der Waals surface area contributed by atoms with E-state index in [1.807, 2.05) is 30.3 Å². The van der Waals surface area contributed by atoms with Crippen LogP contribution in [0.3, 0.4) is 0 Å². The molecule has 0 N–H and O–H groups in total. The highest BCUT2D eigenvalue weighted by Gasteiger charge is 2.45. The number of carbonyl (C=O) groups excluding carboxylic acids is 1. The maximum absolute atomic E-state index is 13.4.